The minimum absolute atomic E-state index is 0.472. The molecule has 60 valence electrons. The van der Waals surface area contributed by atoms with Crippen LogP contribution >= 0.6 is 22.9 Å². The highest BCUT2D eigenvalue weighted by molar-refractivity contribution is 7.12. The standard InChI is InChI=1S/C8H9ClOS/c1-5-3-7(6(2)11-5)8(9)4-10/h3-4,8H,1-2H3. The van der Waals surface area contributed by atoms with Crippen LogP contribution in [0.3, 0.4) is 0 Å². The van der Waals surface area contributed by atoms with E-state index in [4.69, 9.17) is 11.6 Å². The molecule has 1 heterocycles. The Morgan fingerprint density at radius 1 is 1.64 bits per heavy atom. The molecule has 1 nitrogen and oxygen atoms in total. The van der Waals surface area contributed by atoms with Crippen LogP contribution in [0.2, 0.25) is 0 Å². The lowest BCUT2D eigenvalue weighted by Gasteiger charge is -1.97. The van der Waals surface area contributed by atoms with Gasteiger partial charge in [-0.05, 0) is 25.5 Å². The number of thiophene rings is 1. The van der Waals surface area contributed by atoms with E-state index in [0.717, 1.165) is 16.7 Å². The normalized spacial score (nSPS) is 13.0. The number of hydrogen-bond donors (Lipinski definition) is 0. The molecule has 0 saturated heterocycles. The number of rotatable bonds is 2. The molecular weight excluding hydrogens is 180 g/mol. The van der Waals surface area contributed by atoms with Crippen molar-refractivity contribution in [2.75, 3.05) is 0 Å². The number of alkyl halides is 1. The SMILES string of the molecule is Cc1cc(C(Cl)C=O)c(C)s1. The number of aldehydes is 1. The largest absolute Gasteiger partial charge is 0.301 e. The number of aryl methyl sites for hydroxylation is 2. The third-order valence-corrected chi connectivity index (χ3v) is 2.82. The van der Waals surface area contributed by atoms with Gasteiger partial charge in [-0.1, -0.05) is 0 Å². The van der Waals surface area contributed by atoms with Crippen LogP contribution in [0.25, 0.3) is 0 Å². The molecule has 0 aliphatic heterocycles. The maximum absolute atomic E-state index is 10.3. The molecule has 0 fully saturated rings. The van der Waals surface area contributed by atoms with Crippen molar-refractivity contribution in [2.24, 2.45) is 0 Å². The second kappa shape index (κ2) is 3.37. The summed E-state index contributed by atoms with van der Waals surface area (Å²) in [5.74, 6) is 0. The molecule has 0 saturated carbocycles. The van der Waals surface area contributed by atoms with E-state index in [1.807, 2.05) is 19.9 Å². The molecule has 1 aromatic rings. The number of hydrogen-bond acceptors (Lipinski definition) is 2. The van der Waals surface area contributed by atoms with Crippen molar-refractivity contribution in [1.29, 1.82) is 0 Å². The Hall–Kier alpha value is -0.340. The highest BCUT2D eigenvalue weighted by atomic mass is 35.5. The molecule has 1 rings (SSSR count). The van der Waals surface area contributed by atoms with Gasteiger partial charge in [0.2, 0.25) is 0 Å². The summed E-state index contributed by atoms with van der Waals surface area (Å²) in [5.41, 5.74) is 0.948. The summed E-state index contributed by atoms with van der Waals surface area (Å²) in [4.78, 5) is 12.7. The molecular formula is C8H9ClOS. The molecule has 0 bridgehead atoms. The molecule has 0 radical (unpaired) electrons. The summed E-state index contributed by atoms with van der Waals surface area (Å²) >= 11 is 7.42. The Morgan fingerprint density at radius 2 is 2.27 bits per heavy atom. The first-order valence-corrected chi connectivity index (χ1v) is 4.56. The third kappa shape index (κ3) is 1.82. The predicted octanol–water partition coefficient (Wildman–Crippen LogP) is 2.84. The number of halogens is 1. The summed E-state index contributed by atoms with van der Waals surface area (Å²) < 4.78 is 0. The Morgan fingerprint density at radius 3 is 2.64 bits per heavy atom. The highest BCUT2D eigenvalue weighted by Gasteiger charge is 2.11. The maximum Gasteiger partial charge on any atom is 0.142 e. The van der Waals surface area contributed by atoms with Crippen molar-refractivity contribution in [2.45, 2.75) is 19.2 Å². The molecule has 0 spiro atoms. The van der Waals surface area contributed by atoms with Gasteiger partial charge >= 0.3 is 0 Å². The molecule has 1 aromatic heterocycles. The van der Waals surface area contributed by atoms with E-state index in [-0.39, 0.29) is 0 Å². The van der Waals surface area contributed by atoms with Gasteiger partial charge in [0, 0.05) is 9.75 Å². The maximum atomic E-state index is 10.3. The monoisotopic (exact) mass is 188 g/mol. The summed E-state index contributed by atoms with van der Waals surface area (Å²) in [5, 5.41) is -0.472. The van der Waals surface area contributed by atoms with Crippen LogP contribution in [-0.4, -0.2) is 6.29 Å². The van der Waals surface area contributed by atoms with Crippen molar-refractivity contribution in [3.63, 3.8) is 0 Å². The number of carbonyl (C=O) groups excluding carboxylic acids is 1. The van der Waals surface area contributed by atoms with Crippen molar-refractivity contribution in [3.05, 3.63) is 21.4 Å². The van der Waals surface area contributed by atoms with Crippen LogP contribution in [0.5, 0.6) is 0 Å². The first-order valence-electron chi connectivity index (χ1n) is 3.31. The lowest BCUT2D eigenvalue weighted by atomic mass is 10.2. The van der Waals surface area contributed by atoms with E-state index in [1.165, 1.54) is 4.88 Å². The molecule has 0 amide bonds. The zero-order valence-corrected chi connectivity index (χ0v) is 8.00. The van der Waals surface area contributed by atoms with Crippen molar-refractivity contribution in [1.82, 2.24) is 0 Å². The van der Waals surface area contributed by atoms with Crippen molar-refractivity contribution in [3.8, 4) is 0 Å². The summed E-state index contributed by atoms with van der Waals surface area (Å²) in [7, 11) is 0. The molecule has 0 aliphatic carbocycles. The first kappa shape index (κ1) is 8.75. The first-order chi connectivity index (χ1) is 5.15. The van der Waals surface area contributed by atoms with Gasteiger partial charge in [0.1, 0.15) is 11.7 Å². The van der Waals surface area contributed by atoms with Gasteiger partial charge in [-0.2, -0.15) is 0 Å². The van der Waals surface area contributed by atoms with Crippen LogP contribution in [0.4, 0.5) is 0 Å². The minimum Gasteiger partial charge on any atom is -0.301 e. The van der Waals surface area contributed by atoms with Gasteiger partial charge in [-0.25, -0.2) is 0 Å². The summed E-state index contributed by atoms with van der Waals surface area (Å²) in [6.45, 7) is 3.99. The molecule has 0 aliphatic rings. The molecule has 1 atom stereocenters. The van der Waals surface area contributed by atoms with Crippen LogP contribution in [0, 0.1) is 13.8 Å². The molecule has 0 N–H and O–H groups in total. The molecule has 0 aromatic carbocycles. The van der Waals surface area contributed by atoms with Crippen molar-refractivity contribution >= 4 is 29.2 Å². The summed E-state index contributed by atoms with van der Waals surface area (Å²) in [6, 6.07) is 1.96. The van der Waals surface area contributed by atoms with Crippen LogP contribution < -0.4 is 0 Å². The quantitative estimate of drug-likeness (QED) is 0.515. The Balaban J connectivity index is 3.02. The smallest absolute Gasteiger partial charge is 0.142 e. The topological polar surface area (TPSA) is 17.1 Å². The number of carbonyl (C=O) groups is 1. The fourth-order valence-corrected chi connectivity index (χ4v) is 2.26. The average molecular weight is 189 g/mol. The van der Waals surface area contributed by atoms with E-state index in [0.29, 0.717) is 0 Å². The second-order valence-electron chi connectivity index (χ2n) is 2.41. The summed E-state index contributed by atoms with van der Waals surface area (Å²) in [6.07, 6.45) is 0.760. The lowest BCUT2D eigenvalue weighted by molar-refractivity contribution is -0.107. The Bertz CT molecular complexity index is 267. The van der Waals surface area contributed by atoms with Gasteiger partial charge in [0.25, 0.3) is 0 Å². The Kier molecular flexibility index (Phi) is 2.68. The van der Waals surface area contributed by atoms with Crippen LogP contribution in [-0.2, 0) is 4.79 Å². The van der Waals surface area contributed by atoms with E-state index < -0.39 is 5.38 Å². The Labute approximate surface area is 75.0 Å². The third-order valence-electron chi connectivity index (χ3n) is 1.50. The zero-order valence-electron chi connectivity index (χ0n) is 6.43. The van der Waals surface area contributed by atoms with Crippen LogP contribution in [0.1, 0.15) is 20.7 Å². The van der Waals surface area contributed by atoms with E-state index in [1.54, 1.807) is 11.3 Å². The molecule has 11 heavy (non-hydrogen) atoms. The van der Waals surface area contributed by atoms with E-state index in [9.17, 15) is 4.79 Å². The van der Waals surface area contributed by atoms with Gasteiger partial charge in [-0.3, -0.25) is 0 Å². The zero-order chi connectivity index (χ0) is 8.43. The molecule has 3 heteroatoms. The average Bonchev–Trinajstić information content (AvgIpc) is 2.28. The van der Waals surface area contributed by atoms with Gasteiger partial charge in [0.05, 0.1) is 0 Å². The highest BCUT2D eigenvalue weighted by Crippen LogP contribution is 2.28. The fraction of sp³-hybridized carbons (Fsp3) is 0.375. The second-order valence-corrected chi connectivity index (χ2v) is 4.34. The van der Waals surface area contributed by atoms with E-state index in [2.05, 4.69) is 0 Å². The van der Waals surface area contributed by atoms with Crippen molar-refractivity contribution < 1.29 is 4.79 Å². The predicted molar refractivity (Wildman–Crippen MR) is 48.5 cm³/mol. The van der Waals surface area contributed by atoms with Crippen LogP contribution in [0.15, 0.2) is 6.07 Å². The fourth-order valence-electron chi connectivity index (χ4n) is 0.998. The van der Waals surface area contributed by atoms with E-state index >= 15 is 0 Å². The lowest BCUT2D eigenvalue weighted by Crippen LogP contribution is -1.89. The van der Waals surface area contributed by atoms with Gasteiger partial charge < -0.3 is 4.79 Å². The van der Waals surface area contributed by atoms with Gasteiger partial charge in [0.15, 0.2) is 0 Å². The molecule has 1 unspecified atom stereocenters. The van der Waals surface area contributed by atoms with Gasteiger partial charge in [-0.15, -0.1) is 22.9 Å². The minimum atomic E-state index is -0.472.